The minimum atomic E-state index is 0.238. The first-order chi connectivity index (χ1) is 10.1. The number of rotatable bonds is 9. The lowest BCUT2D eigenvalue weighted by molar-refractivity contribution is 0.145. The van der Waals surface area contributed by atoms with Gasteiger partial charge in [0, 0.05) is 17.1 Å². The highest BCUT2D eigenvalue weighted by Crippen LogP contribution is 2.28. The molecule has 0 atom stereocenters. The Morgan fingerprint density at radius 1 is 0.909 bits per heavy atom. The first-order valence-electron chi connectivity index (χ1n) is 8.96. The highest BCUT2D eigenvalue weighted by atomic mass is 15.1. The van der Waals surface area contributed by atoms with E-state index >= 15 is 0 Å². The van der Waals surface area contributed by atoms with Gasteiger partial charge < -0.3 is 20.4 Å². The van der Waals surface area contributed by atoms with E-state index in [-0.39, 0.29) is 11.1 Å². The Balaban J connectivity index is 2.16. The maximum absolute atomic E-state index is 3.79. The number of hydrogen-bond donors (Lipinski definition) is 2. The molecule has 0 aromatic heterocycles. The number of nitrogens with one attached hydrogen (secondary N) is 2. The van der Waals surface area contributed by atoms with Crippen molar-refractivity contribution >= 4 is 0 Å². The van der Waals surface area contributed by atoms with Crippen LogP contribution in [0, 0.1) is 0 Å². The topological polar surface area (TPSA) is 30.5 Å². The third kappa shape index (κ3) is 8.47. The molecule has 0 aliphatic carbocycles. The molecule has 1 aliphatic rings. The maximum Gasteiger partial charge on any atom is 0.0144 e. The van der Waals surface area contributed by atoms with Crippen LogP contribution in [0.2, 0.25) is 0 Å². The Labute approximate surface area is 139 Å². The average molecular weight is 313 g/mol. The molecule has 1 rings (SSSR count). The van der Waals surface area contributed by atoms with E-state index in [9.17, 15) is 0 Å². The van der Waals surface area contributed by atoms with E-state index in [2.05, 4.69) is 69.3 Å². The predicted octanol–water partition coefficient (Wildman–Crippen LogP) is 2.16. The second-order valence-corrected chi connectivity index (χ2v) is 8.77. The molecular weight excluding hydrogens is 272 g/mol. The molecule has 4 nitrogen and oxygen atoms in total. The van der Waals surface area contributed by atoms with Gasteiger partial charge in [-0.3, -0.25) is 0 Å². The van der Waals surface area contributed by atoms with Gasteiger partial charge in [-0.1, -0.05) is 0 Å². The van der Waals surface area contributed by atoms with Gasteiger partial charge in [0.2, 0.25) is 0 Å². The van der Waals surface area contributed by atoms with Gasteiger partial charge in [0.15, 0.2) is 0 Å². The zero-order chi connectivity index (χ0) is 16.8. The van der Waals surface area contributed by atoms with Gasteiger partial charge in [0.1, 0.15) is 0 Å². The lowest BCUT2D eigenvalue weighted by atomic mass is 9.79. The van der Waals surface area contributed by atoms with Crippen LogP contribution < -0.4 is 10.6 Å². The summed E-state index contributed by atoms with van der Waals surface area (Å²) in [6.07, 6.45) is 4.93. The average Bonchev–Trinajstić information content (AvgIpc) is 2.30. The number of nitrogens with zero attached hydrogens (tertiary/aromatic N) is 2. The zero-order valence-electron chi connectivity index (χ0n) is 16.1. The molecule has 0 bridgehead atoms. The van der Waals surface area contributed by atoms with Crippen LogP contribution in [0.25, 0.3) is 0 Å². The molecule has 1 saturated heterocycles. The van der Waals surface area contributed by atoms with Crippen molar-refractivity contribution in [2.75, 3.05) is 47.3 Å². The van der Waals surface area contributed by atoms with Crippen molar-refractivity contribution in [1.82, 2.24) is 20.4 Å². The molecule has 132 valence electrons. The van der Waals surface area contributed by atoms with E-state index in [1.165, 1.54) is 45.3 Å². The smallest absolute Gasteiger partial charge is 0.0144 e. The Hall–Kier alpha value is -0.160. The largest absolute Gasteiger partial charge is 0.314 e. The van der Waals surface area contributed by atoms with Crippen molar-refractivity contribution in [1.29, 1.82) is 0 Å². The van der Waals surface area contributed by atoms with E-state index in [0.717, 1.165) is 6.54 Å². The second kappa shape index (κ2) is 8.62. The first-order valence-corrected chi connectivity index (χ1v) is 8.96. The molecule has 0 aromatic carbocycles. The van der Waals surface area contributed by atoms with Gasteiger partial charge in [-0.05, 0) is 101 Å². The lowest BCUT2D eigenvalue weighted by Crippen LogP contribution is -2.61. The van der Waals surface area contributed by atoms with Crippen molar-refractivity contribution in [2.24, 2.45) is 0 Å². The van der Waals surface area contributed by atoms with E-state index in [1.54, 1.807) is 0 Å². The summed E-state index contributed by atoms with van der Waals surface area (Å²) in [6.45, 7) is 14.0. The van der Waals surface area contributed by atoms with Gasteiger partial charge in [-0.2, -0.15) is 0 Å². The summed E-state index contributed by atoms with van der Waals surface area (Å²) >= 11 is 0. The molecule has 0 aromatic rings. The van der Waals surface area contributed by atoms with E-state index in [4.69, 9.17) is 0 Å². The van der Waals surface area contributed by atoms with Crippen molar-refractivity contribution in [3.05, 3.63) is 0 Å². The third-order valence-corrected chi connectivity index (χ3v) is 4.48. The van der Waals surface area contributed by atoms with Crippen molar-refractivity contribution < 1.29 is 0 Å². The summed E-state index contributed by atoms with van der Waals surface area (Å²) in [5.74, 6) is 0. The van der Waals surface area contributed by atoms with Crippen LogP contribution in [-0.4, -0.2) is 74.2 Å². The highest BCUT2D eigenvalue weighted by molar-refractivity contribution is 4.99. The fourth-order valence-corrected chi connectivity index (χ4v) is 3.89. The normalized spacial score (nSPS) is 21.7. The molecule has 0 amide bonds. The minimum absolute atomic E-state index is 0.238. The van der Waals surface area contributed by atoms with Gasteiger partial charge in [-0.15, -0.1) is 0 Å². The third-order valence-electron chi connectivity index (χ3n) is 4.48. The molecule has 22 heavy (non-hydrogen) atoms. The van der Waals surface area contributed by atoms with Crippen molar-refractivity contribution in [3.8, 4) is 0 Å². The summed E-state index contributed by atoms with van der Waals surface area (Å²) < 4.78 is 0. The molecule has 1 heterocycles. The molecule has 1 aliphatic heterocycles. The molecule has 0 spiro atoms. The van der Waals surface area contributed by atoms with Gasteiger partial charge in [0.25, 0.3) is 0 Å². The standard InChI is InChI=1S/C18H40N4/c1-17(2)14-16(15-18(3,4)20-17)19-10-8-12-22(7)13-9-11-21(5)6/h16,19-20H,8-15H2,1-7H3. The molecule has 2 N–H and O–H groups in total. The summed E-state index contributed by atoms with van der Waals surface area (Å²) in [5, 5.41) is 7.54. The fourth-order valence-electron chi connectivity index (χ4n) is 3.89. The van der Waals surface area contributed by atoms with Gasteiger partial charge >= 0.3 is 0 Å². The summed E-state index contributed by atoms with van der Waals surface area (Å²) in [7, 11) is 6.53. The molecule has 4 heteroatoms. The zero-order valence-corrected chi connectivity index (χ0v) is 16.1. The van der Waals surface area contributed by atoms with Gasteiger partial charge in [-0.25, -0.2) is 0 Å². The summed E-state index contributed by atoms with van der Waals surface area (Å²) in [4.78, 5) is 4.72. The van der Waals surface area contributed by atoms with Crippen LogP contribution in [0.3, 0.4) is 0 Å². The van der Waals surface area contributed by atoms with Crippen LogP contribution >= 0.6 is 0 Å². The van der Waals surface area contributed by atoms with Crippen LogP contribution in [-0.2, 0) is 0 Å². The summed E-state index contributed by atoms with van der Waals surface area (Å²) in [6, 6.07) is 0.644. The number of hydrogen-bond acceptors (Lipinski definition) is 4. The quantitative estimate of drug-likeness (QED) is 0.639. The Morgan fingerprint density at radius 2 is 1.45 bits per heavy atom. The van der Waals surface area contributed by atoms with Crippen LogP contribution in [0.15, 0.2) is 0 Å². The molecular formula is C18H40N4. The maximum atomic E-state index is 3.79. The Morgan fingerprint density at radius 3 is 2.00 bits per heavy atom. The highest BCUT2D eigenvalue weighted by Gasteiger charge is 2.37. The molecule has 0 radical (unpaired) electrons. The Bertz CT molecular complexity index is 296. The number of piperidine rings is 1. The van der Waals surface area contributed by atoms with Gasteiger partial charge in [0.05, 0.1) is 0 Å². The van der Waals surface area contributed by atoms with E-state index in [1.807, 2.05) is 0 Å². The molecule has 0 saturated carbocycles. The Kier molecular flexibility index (Phi) is 7.80. The first kappa shape index (κ1) is 19.9. The molecule has 1 fully saturated rings. The predicted molar refractivity (Wildman–Crippen MR) is 97.6 cm³/mol. The second-order valence-electron chi connectivity index (χ2n) is 8.77. The van der Waals surface area contributed by atoms with Crippen LogP contribution in [0.1, 0.15) is 53.4 Å². The molecule has 0 unspecified atom stereocenters. The summed E-state index contributed by atoms with van der Waals surface area (Å²) in [5.41, 5.74) is 0.477. The van der Waals surface area contributed by atoms with E-state index < -0.39 is 0 Å². The van der Waals surface area contributed by atoms with Crippen molar-refractivity contribution in [2.45, 2.75) is 70.5 Å². The fraction of sp³-hybridized carbons (Fsp3) is 1.00. The van der Waals surface area contributed by atoms with E-state index in [0.29, 0.717) is 6.04 Å². The minimum Gasteiger partial charge on any atom is -0.314 e. The van der Waals surface area contributed by atoms with Crippen LogP contribution in [0.5, 0.6) is 0 Å². The van der Waals surface area contributed by atoms with Crippen LogP contribution in [0.4, 0.5) is 0 Å². The SMILES string of the molecule is CN(C)CCCN(C)CCCNC1CC(C)(C)NC(C)(C)C1. The lowest BCUT2D eigenvalue weighted by Gasteiger charge is -2.46. The van der Waals surface area contributed by atoms with Crippen molar-refractivity contribution in [3.63, 3.8) is 0 Å². The monoisotopic (exact) mass is 312 g/mol.